The van der Waals surface area contributed by atoms with Gasteiger partial charge in [0, 0.05) is 19.6 Å². The van der Waals surface area contributed by atoms with Crippen LogP contribution in [-0.2, 0) is 13.0 Å². The van der Waals surface area contributed by atoms with Gasteiger partial charge in [-0.2, -0.15) is 0 Å². The second-order valence-electron chi connectivity index (χ2n) is 8.07. The molecule has 3 rings (SSSR count). The van der Waals surface area contributed by atoms with E-state index in [1.807, 2.05) is 0 Å². The number of likely N-dealkylation sites (tertiary alicyclic amines) is 1. The topological polar surface area (TPSA) is 15.7 Å². The standard InChI is InChI=1S/C24H34N2O/c1-20-5-4-6-23(17-20)19-26(18-22-11-14-25(2)15-12-22)16-13-21-7-9-24(27-3)10-8-21/h4-10,17,22H,11-16,18-19H2,1-3H3. The van der Waals surface area contributed by atoms with Crippen LogP contribution in [0, 0.1) is 12.8 Å². The Morgan fingerprint density at radius 3 is 2.44 bits per heavy atom. The zero-order valence-electron chi connectivity index (χ0n) is 17.2. The quantitative estimate of drug-likeness (QED) is 0.689. The molecule has 0 aromatic heterocycles. The van der Waals surface area contributed by atoms with Crippen molar-refractivity contribution < 1.29 is 4.74 Å². The predicted octanol–water partition coefficient (Wildman–Crippen LogP) is 4.39. The van der Waals surface area contributed by atoms with Crippen LogP contribution in [-0.4, -0.2) is 50.1 Å². The van der Waals surface area contributed by atoms with E-state index in [2.05, 4.69) is 72.3 Å². The molecule has 0 N–H and O–H groups in total. The monoisotopic (exact) mass is 366 g/mol. The van der Waals surface area contributed by atoms with Crippen molar-refractivity contribution in [1.29, 1.82) is 0 Å². The Morgan fingerprint density at radius 2 is 1.78 bits per heavy atom. The maximum Gasteiger partial charge on any atom is 0.118 e. The van der Waals surface area contributed by atoms with E-state index < -0.39 is 0 Å². The van der Waals surface area contributed by atoms with Gasteiger partial charge in [0.2, 0.25) is 0 Å². The lowest BCUT2D eigenvalue weighted by molar-refractivity contribution is 0.157. The molecule has 3 heteroatoms. The minimum absolute atomic E-state index is 0.821. The molecule has 0 saturated carbocycles. The average molecular weight is 367 g/mol. The minimum atomic E-state index is 0.821. The highest BCUT2D eigenvalue weighted by atomic mass is 16.5. The first-order chi connectivity index (χ1) is 13.1. The molecule has 0 atom stereocenters. The largest absolute Gasteiger partial charge is 0.497 e. The number of nitrogens with zero attached hydrogens (tertiary/aromatic N) is 2. The van der Waals surface area contributed by atoms with E-state index in [1.165, 1.54) is 49.2 Å². The number of methoxy groups -OCH3 is 1. The molecule has 27 heavy (non-hydrogen) atoms. The molecule has 2 aromatic carbocycles. The first-order valence-electron chi connectivity index (χ1n) is 10.2. The number of rotatable bonds is 8. The van der Waals surface area contributed by atoms with Gasteiger partial charge in [-0.05, 0) is 75.5 Å². The molecular weight excluding hydrogens is 332 g/mol. The normalized spacial score (nSPS) is 16.0. The third-order valence-corrected chi connectivity index (χ3v) is 5.72. The molecule has 0 spiro atoms. The fourth-order valence-electron chi connectivity index (χ4n) is 3.99. The molecule has 1 heterocycles. The number of hydrogen-bond donors (Lipinski definition) is 0. The van der Waals surface area contributed by atoms with Gasteiger partial charge in [-0.25, -0.2) is 0 Å². The molecule has 3 nitrogen and oxygen atoms in total. The minimum Gasteiger partial charge on any atom is -0.497 e. The van der Waals surface area contributed by atoms with Crippen LogP contribution in [0.3, 0.4) is 0 Å². The van der Waals surface area contributed by atoms with Crippen LogP contribution >= 0.6 is 0 Å². The van der Waals surface area contributed by atoms with Gasteiger partial charge in [0.15, 0.2) is 0 Å². The maximum atomic E-state index is 5.28. The van der Waals surface area contributed by atoms with Crippen molar-refractivity contribution in [3.05, 3.63) is 65.2 Å². The van der Waals surface area contributed by atoms with Crippen LogP contribution < -0.4 is 4.74 Å². The SMILES string of the molecule is COc1ccc(CCN(Cc2cccc(C)c2)CC2CCN(C)CC2)cc1. The number of benzene rings is 2. The van der Waals surface area contributed by atoms with Crippen LogP contribution in [0.4, 0.5) is 0 Å². The zero-order chi connectivity index (χ0) is 19.1. The highest BCUT2D eigenvalue weighted by Gasteiger charge is 2.19. The summed E-state index contributed by atoms with van der Waals surface area (Å²) in [5.41, 5.74) is 4.16. The number of piperidine rings is 1. The summed E-state index contributed by atoms with van der Waals surface area (Å²) in [6, 6.07) is 17.5. The molecule has 1 aliphatic rings. The molecule has 1 aliphatic heterocycles. The molecule has 0 unspecified atom stereocenters. The lowest BCUT2D eigenvalue weighted by atomic mass is 9.96. The van der Waals surface area contributed by atoms with Gasteiger partial charge in [0.05, 0.1) is 7.11 Å². The van der Waals surface area contributed by atoms with Gasteiger partial charge in [0.1, 0.15) is 5.75 Å². The molecule has 0 aliphatic carbocycles. The van der Waals surface area contributed by atoms with E-state index in [9.17, 15) is 0 Å². The van der Waals surface area contributed by atoms with Crippen LogP contribution in [0.5, 0.6) is 5.75 Å². The fraction of sp³-hybridized carbons (Fsp3) is 0.500. The van der Waals surface area contributed by atoms with Gasteiger partial charge < -0.3 is 9.64 Å². The molecule has 1 saturated heterocycles. The van der Waals surface area contributed by atoms with Crippen molar-refractivity contribution in [2.45, 2.75) is 32.7 Å². The zero-order valence-corrected chi connectivity index (χ0v) is 17.2. The second kappa shape index (κ2) is 9.91. The van der Waals surface area contributed by atoms with Gasteiger partial charge in [-0.15, -0.1) is 0 Å². The summed E-state index contributed by atoms with van der Waals surface area (Å²) in [5, 5.41) is 0. The maximum absolute atomic E-state index is 5.28. The predicted molar refractivity (Wildman–Crippen MR) is 113 cm³/mol. The number of hydrogen-bond acceptors (Lipinski definition) is 3. The summed E-state index contributed by atoms with van der Waals surface area (Å²) >= 11 is 0. The Balaban J connectivity index is 1.62. The van der Waals surface area contributed by atoms with Crippen molar-refractivity contribution in [3.8, 4) is 5.75 Å². The van der Waals surface area contributed by atoms with Crippen molar-refractivity contribution in [3.63, 3.8) is 0 Å². The lowest BCUT2D eigenvalue weighted by Gasteiger charge is -2.33. The van der Waals surface area contributed by atoms with Gasteiger partial charge in [-0.3, -0.25) is 4.90 Å². The van der Waals surface area contributed by atoms with E-state index in [4.69, 9.17) is 4.74 Å². The smallest absolute Gasteiger partial charge is 0.118 e. The first-order valence-corrected chi connectivity index (χ1v) is 10.2. The molecule has 146 valence electrons. The summed E-state index contributed by atoms with van der Waals surface area (Å²) in [6.45, 7) is 8.01. The van der Waals surface area contributed by atoms with E-state index >= 15 is 0 Å². The van der Waals surface area contributed by atoms with E-state index in [0.29, 0.717) is 0 Å². The van der Waals surface area contributed by atoms with Crippen LogP contribution in [0.25, 0.3) is 0 Å². The summed E-state index contributed by atoms with van der Waals surface area (Å²) in [5.74, 6) is 1.75. The summed E-state index contributed by atoms with van der Waals surface area (Å²) in [7, 11) is 3.96. The van der Waals surface area contributed by atoms with Crippen LogP contribution in [0.15, 0.2) is 48.5 Å². The van der Waals surface area contributed by atoms with Crippen molar-refractivity contribution in [1.82, 2.24) is 9.80 Å². The Labute approximate surface area is 164 Å². The van der Waals surface area contributed by atoms with E-state index in [0.717, 1.165) is 31.2 Å². The molecule has 0 amide bonds. The molecule has 1 fully saturated rings. The van der Waals surface area contributed by atoms with Crippen LogP contribution in [0.2, 0.25) is 0 Å². The molecule has 0 bridgehead atoms. The molecule has 0 radical (unpaired) electrons. The molecule has 2 aromatic rings. The number of ether oxygens (including phenoxy) is 1. The third-order valence-electron chi connectivity index (χ3n) is 5.72. The van der Waals surface area contributed by atoms with E-state index in [-0.39, 0.29) is 0 Å². The van der Waals surface area contributed by atoms with Crippen molar-refractivity contribution in [2.75, 3.05) is 40.3 Å². The average Bonchev–Trinajstić information content (AvgIpc) is 2.68. The van der Waals surface area contributed by atoms with Gasteiger partial charge in [0.25, 0.3) is 0 Å². The third kappa shape index (κ3) is 6.37. The number of aryl methyl sites for hydroxylation is 1. The summed E-state index contributed by atoms with van der Waals surface area (Å²) in [4.78, 5) is 5.12. The van der Waals surface area contributed by atoms with Crippen molar-refractivity contribution in [2.24, 2.45) is 5.92 Å². The Bertz CT molecular complexity index is 690. The molecular formula is C24H34N2O. The summed E-state index contributed by atoms with van der Waals surface area (Å²) in [6.07, 6.45) is 3.73. The highest BCUT2D eigenvalue weighted by Crippen LogP contribution is 2.20. The van der Waals surface area contributed by atoms with Crippen molar-refractivity contribution >= 4 is 0 Å². The second-order valence-corrected chi connectivity index (χ2v) is 8.07. The van der Waals surface area contributed by atoms with Gasteiger partial charge >= 0.3 is 0 Å². The lowest BCUT2D eigenvalue weighted by Crippen LogP contribution is -2.37. The highest BCUT2D eigenvalue weighted by molar-refractivity contribution is 5.27. The van der Waals surface area contributed by atoms with Crippen LogP contribution in [0.1, 0.15) is 29.5 Å². The first kappa shape index (κ1) is 19.9. The van der Waals surface area contributed by atoms with Gasteiger partial charge in [-0.1, -0.05) is 42.0 Å². The Kier molecular flexibility index (Phi) is 7.31. The van der Waals surface area contributed by atoms with E-state index in [1.54, 1.807) is 7.11 Å². The Morgan fingerprint density at radius 1 is 1.04 bits per heavy atom. The fourth-order valence-corrected chi connectivity index (χ4v) is 3.99. The Hall–Kier alpha value is -1.84. The summed E-state index contributed by atoms with van der Waals surface area (Å²) < 4.78 is 5.28.